The van der Waals surface area contributed by atoms with Gasteiger partial charge in [-0.1, -0.05) is 6.07 Å². The van der Waals surface area contributed by atoms with Crippen LogP contribution in [-0.4, -0.2) is 19.7 Å². The van der Waals surface area contributed by atoms with Crippen molar-refractivity contribution in [2.45, 2.75) is 6.54 Å². The fourth-order valence-electron chi connectivity index (χ4n) is 1.88. The Morgan fingerprint density at radius 1 is 1.29 bits per heavy atom. The first kappa shape index (κ1) is 13.7. The highest BCUT2D eigenvalue weighted by Gasteiger charge is 2.06. The van der Waals surface area contributed by atoms with E-state index in [9.17, 15) is 4.39 Å². The number of rotatable bonds is 4. The molecule has 2 heterocycles. The third kappa shape index (κ3) is 3.08. The van der Waals surface area contributed by atoms with E-state index >= 15 is 0 Å². The lowest BCUT2D eigenvalue weighted by Gasteiger charge is -2.11. The molecule has 106 valence electrons. The molecular formula is C14H11BrFN5. The summed E-state index contributed by atoms with van der Waals surface area (Å²) < 4.78 is 15.3. The molecule has 0 aliphatic carbocycles. The molecule has 0 aliphatic rings. The molecule has 0 saturated heterocycles. The summed E-state index contributed by atoms with van der Waals surface area (Å²) in [7, 11) is 0. The number of hydrogen-bond acceptors (Lipinski definition) is 4. The molecule has 0 bridgehead atoms. The zero-order valence-corrected chi connectivity index (χ0v) is 12.5. The van der Waals surface area contributed by atoms with Crippen molar-refractivity contribution in [3.05, 3.63) is 65.0 Å². The maximum Gasteiger partial charge on any atom is 0.178 e. The Balaban J connectivity index is 1.81. The summed E-state index contributed by atoms with van der Waals surface area (Å²) in [6.07, 6.45) is 4.73. The fourth-order valence-corrected chi connectivity index (χ4v) is 2.31. The van der Waals surface area contributed by atoms with E-state index in [4.69, 9.17) is 0 Å². The highest BCUT2D eigenvalue weighted by atomic mass is 79.9. The lowest BCUT2D eigenvalue weighted by atomic mass is 10.2. The van der Waals surface area contributed by atoms with Gasteiger partial charge in [0.25, 0.3) is 0 Å². The summed E-state index contributed by atoms with van der Waals surface area (Å²) in [5, 5.41) is 7.34. The van der Waals surface area contributed by atoms with Gasteiger partial charge in [0.2, 0.25) is 0 Å². The number of benzene rings is 1. The molecule has 0 aliphatic heterocycles. The van der Waals surface area contributed by atoms with Crippen molar-refractivity contribution >= 4 is 21.6 Å². The maximum absolute atomic E-state index is 13.2. The van der Waals surface area contributed by atoms with Crippen molar-refractivity contribution in [3.63, 3.8) is 0 Å². The van der Waals surface area contributed by atoms with E-state index in [-0.39, 0.29) is 5.82 Å². The van der Waals surface area contributed by atoms with Gasteiger partial charge in [0, 0.05) is 12.7 Å². The minimum atomic E-state index is -0.275. The summed E-state index contributed by atoms with van der Waals surface area (Å²) >= 11 is 3.18. The summed E-state index contributed by atoms with van der Waals surface area (Å²) in [6, 6.07) is 8.65. The van der Waals surface area contributed by atoms with E-state index in [1.54, 1.807) is 29.3 Å². The summed E-state index contributed by atoms with van der Waals surface area (Å²) in [5.41, 5.74) is 1.78. The van der Waals surface area contributed by atoms with Crippen LogP contribution in [-0.2, 0) is 6.54 Å². The average molecular weight is 348 g/mol. The van der Waals surface area contributed by atoms with Crippen LogP contribution in [0.4, 0.5) is 10.1 Å². The van der Waals surface area contributed by atoms with E-state index in [0.717, 1.165) is 11.3 Å². The molecule has 3 aromatic rings. The molecular weight excluding hydrogens is 337 g/mol. The van der Waals surface area contributed by atoms with Gasteiger partial charge in [-0.05, 0) is 45.8 Å². The van der Waals surface area contributed by atoms with Crippen molar-refractivity contribution in [1.29, 1.82) is 0 Å². The molecule has 3 rings (SSSR count). The first-order valence-corrected chi connectivity index (χ1v) is 7.01. The summed E-state index contributed by atoms with van der Waals surface area (Å²) in [5.74, 6) is 0.389. The van der Waals surface area contributed by atoms with Gasteiger partial charge in [-0.3, -0.25) is 0 Å². The Kier molecular flexibility index (Phi) is 3.92. The molecule has 5 nitrogen and oxygen atoms in total. The molecule has 1 aromatic carbocycles. The van der Waals surface area contributed by atoms with Gasteiger partial charge in [-0.15, -0.1) is 0 Å². The SMILES string of the molecule is Fc1ccc(CNc2cccnc2-n2cncn2)cc1Br. The van der Waals surface area contributed by atoms with Crippen molar-refractivity contribution in [1.82, 2.24) is 19.7 Å². The molecule has 1 N–H and O–H groups in total. The van der Waals surface area contributed by atoms with Crippen LogP contribution in [0.3, 0.4) is 0 Å². The van der Waals surface area contributed by atoms with E-state index in [1.807, 2.05) is 12.1 Å². The number of nitrogens with zero attached hydrogens (tertiary/aromatic N) is 4. The quantitative estimate of drug-likeness (QED) is 0.787. The van der Waals surface area contributed by atoms with E-state index < -0.39 is 0 Å². The third-order valence-electron chi connectivity index (χ3n) is 2.89. The lowest BCUT2D eigenvalue weighted by Crippen LogP contribution is -2.06. The number of anilines is 1. The predicted octanol–water partition coefficient (Wildman–Crippen LogP) is 3.18. The zero-order chi connectivity index (χ0) is 14.7. The minimum absolute atomic E-state index is 0.275. The van der Waals surface area contributed by atoms with Gasteiger partial charge >= 0.3 is 0 Å². The van der Waals surface area contributed by atoms with E-state index in [2.05, 4.69) is 36.3 Å². The van der Waals surface area contributed by atoms with Crippen molar-refractivity contribution in [2.24, 2.45) is 0 Å². The van der Waals surface area contributed by atoms with Crippen molar-refractivity contribution < 1.29 is 4.39 Å². The predicted molar refractivity (Wildman–Crippen MR) is 80.6 cm³/mol. The van der Waals surface area contributed by atoms with Gasteiger partial charge in [0.05, 0.1) is 10.2 Å². The normalized spacial score (nSPS) is 10.6. The van der Waals surface area contributed by atoms with Crippen LogP contribution in [0.15, 0.2) is 53.7 Å². The van der Waals surface area contributed by atoms with Crippen LogP contribution in [0.5, 0.6) is 0 Å². The van der Waals surface area contributed by atoms with Crippen molar-refractivity contribution in [2.75, 3.05) is 5.32 Å². The number of halogens is 2. The molecule has 0 radical (unpaired) electrons. The monoisotopic (exact) mass is 347 g/mol. The van der Waals surface area contributed by atoms with Crippen LogP contribution in [0.1, 0.15) is 5.56 Å². The highest BCUT2D eigenvalue weighted by molar-refractivity contribution is 9.10. The second-order valence-electron chi connectivity index (χ2n) is 4.32. The molecule has 0 amide bonds. The summed E-state index contributed by atoms with van der Waals surface area (Å²) in [6.45, 7) is 0.548. The van der Waals surface area contributed by atoms with Gasteiger partial charge in [-0.2, -0.15) is 5.10 Å². The zero-order valence-electron chi connectivity index (χ0n) is 10.9. The lowest BCUT2D eigenvalue weighted by molar-refractivity contribution is 0.620. The van der Waals surface area contributed by atoms with Gasteiger partial charge in [-0.25, -0.2) is 19.0 Å². The standard InChI is InChI=1S/C14H11BrFN5/c15-11-6-10(3-4-12(11)16)7-19-13-2-1-5-18-14(13)21-9-17-8-20-21/h1-6,8-9,19H,7H2. The van der Waals surface area contributed by atoms with Crippen molar-refractivity contribution in [3.8, 4) is 5.82 Å². The molecule has 0 atom stereocenters. The van der Waals surface area contributed by atoms with Gasteiger partial charge in [0.1, 0.15) is 18.5 Å². The Labute approximate surface area is 129 Å². The average Bonchev–Trinajstić information content (AvgIpc) is 3.03. The molecule has 21 heavy (non-hydrogen) atoms. The fraction of sp³-hybridized carbons (Fsp3) is 0.0714. The second kappa shape index (κ2) is 6.01. The van der Waals surface area contributed by atoms with E-state index in [1.165, 1.54) is 12.4 Å². The molecule has 2 aromatic heterocycles. The van der Waals surface area contributed by atoms with Crippen LogP contribution in [0, 0.1) is 5.82 Å². The molecule has 0 spiro atoms. The highest BCUT2D eigenvalue weighted by Crippen LogP contribution is 2.20. The molecule has 0 fully saturated rings. The number of aromatic nitrogens is 4. The molecule has 7 heteroatoms. The van der Waals surface area contributed by atoms with Gasteiger partial charge in [0.15, 0.2) is 5.82 Å². The third-order valence-corrected chi connectivity index (χ3v) is 3.50. The largest absolute Gasteiger partial charge is 0.378 e. The maximum atomic E-state index is 13.2. The molecule has 0 saturated carbocycles. The van der Waals surface area contributed by atoms with Crippen LogP contribution in [0.25, 0.3) is 5.82 Å². The number of pyridine rings is 1. The van der Waals surface area contributed by atoms with Gasteiger partial charge < -0.3 is 5.32 Å². The number of hydrogen-bond donors (Lipinski definition) is 1. The van der Waals surface area contributed by atoms with E-state index in [0.29, 0.717) is 16.8 Å². The smallest absolute Gasteiger partial charge is 0.178 e. The van der Waals surface area contributed by atoms with Crippen LogP contribution in [0.2, 0.25) is 0 Å². The number of nitrogens with one attached hydrogen (secondary N) is 1. The molecule has 0 unspecified atom stereocenters. The first-order chi connectivity index (χ1) is 10.2. The Hall–Kier alpha value is -2.28. The Morgan fingerprint density at radius 2 is 2.19 bits per heavy atom. The summed E-state index contributed by atoms with van der Waals surface area (Å²) in [4.78, 5) is 8.21. The topological polar surface area (TPSA) is 55.6 Å². The first-order valence-electron chi connectivity index (χ1n) is 6.22. The van der Waals surface area contributed by atoms with Crippen LogP contribution < -0.4 is 5.32 Å². The Bertz CT molecular complexity index is 745. The minimum Gasteiger partial charge on any atom is -0.378 e. The Morgan fingerprint density at radius 3 is 2.95 bits per heavy atom. The van der Waals surface area contributed by atoms with Crippen LogP contribution >= 0.6 is 15.9 Å². The second-order valence-corrected chi connectivity index (χ2v) is 5.17.